The highest BCUT2D eigenvalue weighted by molar-refractivity contribution is 6.33. The van der Waals surface area contributed by atoms with E-state index in [-0.39, 0.29) is 11.6 Å². The van der Waals surface area contributed by atoms with Gasteiger partial charge in [0.1, 0.15) is 5.69 Å². The maximum atomic E-state index is 13.3. The van der Waals surface area contributed by atoms with Gasteiger partial charge in [-0.1, -0.05) is 23.7 Å². The third-order valence-electron chi connectivity index (χ3n) is 4.18. The van der Waals surface area contributed by atoms with Crippen molar-refractivity contribution < 1.29 is 22.0 Å². The molecule has 3 heterocycles. The number of aromatic nitrogens is 3. The lowest BCUT2D eigenvalue weighted by Crippen LogP contribution is -2.16. The van der Waals surface area contributed by atoms with Gasteiger partial charge in [-0.25, -0.2) is 13.3 Å². The summed E-state index contributed by atoms with van der Waals surface area (Å²) in [6.45, 7) is 0.430. The van der Waals surface area contributed by atoms with E-state index in [1.54, 1.807) is 17.0 Å². The average molecular weight is 389 g/mol. The third kappa shape index (κ3) is 2.66. The van der Waals surface area contributed by atoms with E-state index in [2.05, 4.69) is 10.1 Å². The van der Waals surface area contributed by atoms with Crippen LogP contribution < -0.4 is 4.90 Å². The Kier molecular flexibility index (Phi) is 3.80. The summed E-state index contributed by atoms with van der Waals surface area (Å²) in [5.41, 5.74) is -0.828. The van der Waals surface area contributed by atoms with Crippen LogP contribution >= 0.6 is 11.6 Å². The summed E-state index contributed by atoms with van der Waals surface area (Å²) in [6, 6.07) is 6.58. The van der Waals surface area contributed by atoms with Gasteiger partial charge in [-0.2, -0.15) is 18.2 Å². The highest BCUT2D eigenvalue weighted by Gasteiger charge is 2.36. The van der Waals surface area contributed by atoms with Crippen LogP contribution in [0.1, 0.15) is 23.2 Å². The van der Waals surface area contributed by atoms with Gasteiger partial charge in [0, 0.05) is 12.1 Å². The minimum absolute atomic E-state index is 0.0197. The second-order valence-corrected chi connectivity index (χ2v) is 6.21. The van der Waals surface area contributed by atoms with Gasteiger partial charge >= 0.3 is 6.18 Å². The minimum atomic E-state index is -4.85. The Morgan fingerprint density at radius 2 is 1.92 bits per heavy atom. The van der Waals surface area contributed by atoms with Crippen LogP contribution in [-0.2, 0) is 12.6 Å². The van der Waals surface area contributed by atoms with Crippen molar-refractivity contribution in [3.05, 3.63) is 52.2 Å². The second kappa shape index (κ2) is 5.80. The molecule has 0 N–H and O–H groups in total. The van der Waals surface area contributed by atoms with Crippen molar-refractivity contribution in [3.8, 4) is 0 Å². The molecular formula is C16H10ClF5N4. The fourth-order valence-corrected chi connectivity index (χ4v) is 3.34. The highest BCUT2D eigenvalue weighted by atomic mass is 35.5. The Hall–Kier alpha value is -2.42. The zero-order valence-corrected chi connectivity index (χ0v) is 13.7. The summed E-state index contributed by atoms with van der Waals surface area (Å²) in [4.78, 5) is 5.63. The molecule has 0 radical (unpaired) electrons. The van der Waals surface area contributed by atoms with Crippen LogP contribution in [0.2, 0.25) is 5.02 Å². The van der Waals surface area contributed by atoms with Crippen LogP contribution in [0, 0.1) is 0 Å². The number of hydrogen-bond acceptors (Lipinski definition) is 3. The molecule has 1 aliphatic rings. The molecule has 10 heteroatoms. The normalized spacial score (nSPS) is 14.5. The molecule has 1 aromatic carbocycles. The van der Waals surface area contributed by atoms with Crippen LogP contribution in [-0.4, -0.2) is 21.1 Å². The molecule has 0 spiro atoms. The lowest BCUT2D eigenvalue weighted by atomic mass is 10.2. The lowest BCUT2D eigenvalue weighted by molar-refractivity contribution is -0.142. The van der Waals surface area contributed by atoms with Gasteiger partial charge in [-0.05, 0) is 30.2 Å². The summed E-state index contributed by atoms with van der Waals surface area (Å²) in [5.74, 6) is -0.0197. The zero-order chi connectivity index (χ0) is 18.6. The molecule has 1 aliphatic heterocycles. The monoisotopic (exact) mass is 388 g/mol. The quantitative estimate of drug-likeness (QED) is 0.577. The van der Waals surface area contributed by atoms with Crippen LogP contribution in [0.4, 0.5) is 33.6 Å². The van der Waals surface area contributed by atoms with E-state index >= 15 is 0 Å². The first-order valence-electron chi connectivity index (χ1n) is 7.56. The maximum absolute atomic E-state index is 13.3. The Labute approximate surface area is 148 Å². The topological polar surface area (TPSA) is 33.4 Å². The van der Waals surface area contributed by atoms with Crippen LogP contribution in [0.25, 0.3) is 5.65 Å². The first kappa shape index (κ1) is 17.0. The molecule has 0 saturated carbocycles. The van der Waals surface area contributed by atoms with Crippen LogP contribution in [0.5, 0.6) is 0 Å². The molecule has 0 aliphatic carbocycles. The summed E-state index contributed by atoms with van der Waals surface area (Å²) in [5, 5.41) is 4.33. The number of hydrogen-bond donors (Lipinski definition) is 0. The van der Waals surface area contributed by atoms with Crippen LogP contribution in [0.3, 0.4) is 0 Å². The number of fused-ring (bicyclic) bond motifs is 2. The number of alkyl halides is 5. The fourth-order valence-electron chi connectivity index (χ4n) is 3.04. The standard InChI is InChI=1S/C16H10ClF5N4/c17-10-3-1-2-8-4-5-25(13(8)10)15-23-12-7-9(14(18)19)6-11(16(20,21)22)26(12)24-15/h1-3,6-7,14H,4-5H2. The molecule has 136 valence electrons. The molecule has 4 nitrogen and oxygen atoms in total. The third-order valence-corrected chi connectivity index (χ3v) is 4.48. The van der Waals surface area contributed by atoms with E-state index in [9.17, 15) is 22.0 Å². The SMILES string of the molecule is FC(F)c1cc(C(F)(F)F)n2nc(N3CCc4cccc(Cl)c43)nc2c1. The highest BCUT2D eigenvalue weighted by Crippen LogP contribution is 2.39. The lowest BCUT2D eigenvalue weighted by Gasteiger charge is -2.15. The molecule has 0 unspecified atom stereocenters. The van der Waals surface area contributed by atoms with Crippen molar-refractivity contribution >= 4 is 28.9 Å². The first-order chi connectivity index (χ1) is 12.3. The van der Waals surface area contributed by atoms with Gasteiger partial charge in [0.2, 0.25) is 5.95 Å². The molecule has 0 amide bonds. The van der Waals surface area contributed by atoms with Crippen molar-refractivity contribution in [2.24, 2.45) is 0 Å². The molecule has 26 heavy (non-hydrogen) atoms. The summed E-state index contributed by atoms with van der Waals surface area (Å²) in [6.07, 6.45) is -7.28. The van der Waals surface area contributed by atoms with Crippen molar-refractivity contribution in [3.63, 3.8) is 0 Å². The van der Waals surface area contributed by atoms with Gasteiger partial charge in [-0.3, -0.25) is 0 Å². The maximum Gasteiger partial charge on any atom is 0.433 e. The predicted molar refractivity (Wildman–Crippen MR) is 85.1 cm³/mol. The molecule has 0 fully saturated rings. The molecular weight excluding hydrogens is 379 g/mol. The summed E-state index contributed by atoms with van der Waals surface area (Å²) < 4.78 is 66.3. The Bertz CT molecular complexity index is 998. The summed E-state index contributed by atoms with van der Waals surface area (Å²) in [7, 11) is 0. The molecule has 3 aromatic rings. The van der Waals surface area contributed by atoms with Crippen molar-refractivity contribution in [1.29, 1.82) is 0 Å². The molecule has 0 bridgehead atoms. The summed E-state index contributed by atoms with van der Waals surface area (Å²) >= 11 is 6.20. The molecule has 0 atom stereocenters. The minimum Gasteiger partial charge on any atom is -0.307 e. The van der Waals surface area contributed by atoms with E-state index in [1.807, 2.05) is 6.07 Å². The van der Waals surface area contributed by atoms with Crippen molar-refractivity contribution in [2.75, 3.05) is 11.4 Å². The number of benzene rings is 1. The Morgan fingerprint density at radius 1 is 1.15 bits per heavy atom. The Balaban J connectivity index is 1.90. The largest absolute Gasteiger partial charge is 0.433 e. The first-order valence-corrected chi connectivity index (χ1v) is 7.94. The number of rotatable bonds is 2. The van der Waals surface area contributed by atoms with E-state index < -0.39 is 23.9 Å². The van der Waals surface area contributed by atoms with E-state index in [0.717, 1.165) is 11.6 Å². The van der Waals surface area contributed by atoms with Crippen molar-refractivity contribution in [2.45, 2.75) is 19.0 Å². The van der Waals surface area contributed by atoms with Gasteiger partial charge in [0.05, 0.1) is 10.7 Å². The molecule has 2 aromatic heterocycles. The van der Waals surface area contributed by atoms with E-state index in [0.29, 0.717) is 34.3 Å². The average Bonchev–Trinajstić information content (AvgIpc) is 3.16. The van der Waals surface area contributed by atoms with Gasteiger partial charge in [0.25, 0.3) is 6.43 Å². The number of para-hydroxylation sites is 1. The van der Waals surface area contributed by atoms with Gasteiger partial charge in [-0.15, -0.1) is 5.10 Å². The van der Waals surface area contributed by atoms with Crippen molar-refractivity contribution in [1.82, 2.24) is 14.6 Å². The fraction of sp³-hybridized carbons (Fsp3) is 0.250. The number of nitrogens with zero attached hydrogens (tertiary/aromatic N) is 4. The smallest absolute Gasteiger partial charge is 0.307 e. The molecule has 4 rings (SSSR count). The van der Waals surface area contributed by atoms with E-state index in [1.165, 1.54) is 0 Å². The number of halogens is 6. The van der Waals surface area contributed by atoms with Gasteiger partial charge < -0.3 is 4.90 Å². The zero-order valence-electron chi connectivity index (χ0n) is 12.9. The van der Waals surface area contributed by atoms with Gasteiger partial charge in [0.15, 0.2) is 5.65 Å². The molecule has 0 saturated heterocycles. The predicted octanol–water partition coefficient (Wildman–Crippen LogP) is 5.03. The Morgan fingerprint density at radius 3 is 2.62 bits per heavy atom. The van der Waals surface area contributed by atoms with E-state index in [4.69, 9.17) is 11.6 Å². The second-order valence-electron chi connectivity index (χ2n) is 5.80. The number of pyridine rings is 1. The number of anilines is 2. The van der Waals surface area contributed by atoms with Crippen LogP contribution in [0.15, 0.2) is 30.3 Å².